The quantitative estimate of drug-likeness (QED) is 0.594. The first-order valence-electron chi connectivity index (χ1n) is 7.25. The first-order chi connectivity index (χ1) is 10.7. The summed E-state index contributed by atoms with van der Waals surface area (Å²) in [5, 5.41) is 4.29. The molecule has 0 fully saturated rings. The fourth-order valence-electron chi connectivity index (χ4n) is 2.97. The average Bonchev–Trinajstić information content (AvgIpc) is 3.08. The van der Waals surface area contributed by atoms with Gasteiger partial charge >= 0.3 is 0 Å². The molecule has 5 nitrogen and oxygen atoms in total. The van der Waals surface area contributed by atoms with Crippen molar-refractivity contribution >= 4 is 27.9 Å². The zero-order chi connectivity index (χ0) is 15.3. The smallest absolute Gasteiger partial charge is 0.203 e. The molecule has 0 unspecified atom stereocenters. The molecule has 4 aromatic rings. The van der Waals surface area contributed by atoms with Gasteiger partial charge in [-0.25, -0.2) is 4.98 Å². The maximum atomic E-state index is 4.64. The minimum Gasteiger partial charge on any atom is -0.359 e. The van der Waals surface area contributed by atoms with Crippen molar-refractivity contribution in [1.29, 1.82) is 0 Å². The third kappa shape index (κ3) is 1.79. The van der Waals surface area contributed by atoms with Crippen LogP contribution in [0.5, 0.6) is 0 Å². The molecule has 0 amide bonds. The van der Waals surface area contributed by atoms with Crippen LogP contribution in [0.3, 0.4) is 0 Å². The second kappa shape index (κ2) is 4.59. The maximum Gasteiger partial charge on any atom is 0.203 e. The van der Waals surface area contributed by atoms with Crippen LogP contribution in [0.15, 0.2) is 36.7 Å². The minimum atomic E-state index is 0.868. The Morgan fingerprint density at radius 2 is 2.09 bits per heavy atom. The van der Waals surface area contributed by atoms with Crippen LogP contribution in [0, 0.1) is 6.92 Å². The number of hydrogen-bond donors (Lipinski definition) is 2. The van der Waals surface area contributed by atoms with Crippen molar-refractivity contribution in [2.24, 2.45) is 7.05 Å². The molecule has 0 atom stereocenters. The van der Waals surface area contributed by atoms with Crippen LogP contribution >= 0.6 is 0 Å². The van der Waals surface area contributed by atoms with Gasteiger partial charge in [-0.3, -0.25) is 4.98 Å². The standard InChI is InChI=1S/C17H17N5/c1-10-6-16-14(21-17(18-2)22(16)3)8-12(10)13-7-11-4-5-19-9-15(11)20-13/h4-9,20H,1-3H3,(H,18,21). The zero-order valence-electron chi connectivity index (χ0n) is 12.8. The average molecular weight is 291 g/mol. The van der Waals surface area contributed by atoms with Gasteiger partial charge in [0.2, 0.25) is 5.95 Å². The number of hydrogen-bond acceptors (Lipinski definition) is 3. The number of imidazole rings is 1. The van der Waals surface area contributed by atoms with Crippen LogP contribution < -0.4 is 5.32 Å². The lowest BCUT2D eigenvalue weighted by atomic mass is 10.0. The normalized spacial score (nSPS) is 11.4. The summed E-state index contributed by atoms with van der Waals surface area (Å²) in [7, 11) is 3.91. The van der Waals surface area contributed by atoms with Crippen molar-refractivity contribution in [2.75, 3.05) is 12.4 Å². The summed E-state index contributed by atoms with van der Waals surface area (Å²) in [5.41, 5.74) is 6.66. The van der Waals surface area contributed by atoms with Crippen molar-refractivity contribution in [3.05, 3.63) is 42.2 Å². The second-order valence-corrected chi connectivity index (χ2v) is 5.55. The molecule has 0 saturated heterocycles. The van der Waals surface area contributed by atoms with Crippen molar-refractivity contribution in [3.63, 3.8) is 0 Å². The number of aromatic amines is 1. The van der Waals surface area contributed by atoms with Crippen molar-refractivity contribution in [1.82, 2.24) is 19.5 Å². The largest absolute Gasteiger partial charge is 0.359 e. The van der Waals surface area contributed by atoms with Gasteiger partial charge in [0.15, 0.2) is 0 Å². The number of pyridine rings is 1. The van der Waals surface area contributed by atoms with Crippen LogP contribution in [0.25, 0.3) is 33.2 Å². The molecule has 3 heterocycles. The highest BCUT2D eigenvalue weighted by atomic mass is 15.2. The third-order valence-corrected chi connectivity index (χ3v) is 4.16. The van der Waals surface area contributed by atoms with Crippen molar-refractivity contribution in [2.45, 2.75) is 6.92 Å². The van der Waals surface area contributed by atoms with E-state index in [9.17, 15) is 0 Å². The Morgan fingerprint density at radius 1 is 1.23 bits per heavy atom. The van der Waals surface area contributed by atoms with E-state index in [1.165, 1.54) is 16.5 Å². The Kier molecular flexibility index (Phi) is 2.69. The fourth-order valence-corrected chi connectivity index (χ4v) is 2.97. The molecule has 2 N–H and O–H groups in total. The highest BCUT2D eigenvalue weighted by molar-refractivity contribution is 5.90. The lowest BCUT2D eigenvalue weighted by molar-refractivity contribution is 0.952. The molecule has 0 radical (unpaired) electrons. The van der Waals surface area contributed by atoms with Gasteiger partial charge in [0.25, 0.3) is 0 Å². The second-order valence-electron chi connectivity index (χ2n) is 5.55. The van der Waals surface area contributed by atoms with Crippen LogP contribution in [-0.4, -0.2) is 26.6 Å². The minimum absolute atomic E-state index is 0.868. The molecule has 3 aromatic heterocycles. The van der Waals surface area contributed by atoms with Crippen molar-refractivity contribution in [3.8, 4) is 11.3 Å². The molecule has 0 saturated carbocycles. The molecule has 5 heteroatoms. The highest BCUT2D eigenvalue weighted by Gasteiger charge is 2.12. The van der Waals surface area contributed by atoms with Gasteiger partial charge in [0.05, 0.1) is 22.7 Å². The molecular weight excluding hydrogens is 274 g/mol. The number of nitrogens with zero attached hydrogens (tertiary/aromatic N) is 3. The van der Waals surface area contributed by atoms with Crippen molar-refractivity contribution < 1.29 is 0 Å². The predicted molar refractivity (Wildman–Crippen MR) is 90.1 cm³/mol. The molecule has 22 heavy (non-hydrogen) atoms. The van der Waals surface area contributed by atoms with E-state index in [1.807, 2.05) is 32.6 Å². The van der Waals surface area contributed by atoms with Gasteiger partial charge in [-0.2, -0.15) is 0 Å². The van der Waals surface area contributed by atoms with E-state index >= 15 is 0 Å². The predicted octanol–water partition coefficient (Wildman–Crippen LogP) is 3.47. The van der Waals surface area contributed by atoms with Gasteiger partial charge in [0, 0.05) is 36.9 Å². The Bertz CT molecular complexity index is 960. The maximum absolute atomic E-state index is 4.64. The summed E-state index contributed by atoms with van der Waals surface area (Å²) in [6.07, 6.45) is 3.67. The van der Waals surface area contributed by atoms with E-state index < -0.39 is 0 Å². The van der Waals surface area contributed by atoms with E-state index in [0.29, 0.717) is 0 Å². The zero-order valence-corrected chi connectivity index (χ0v) is 12.8. The van der Waals surface area contributed by atoms with E-state index in [-0.39, 0.29) is 0 Å². The molecule has 0 spiro atoms. The van der Waals surface area contributed by atoms with E-state index in [0.717, 1.165) is 28.2 Å². The SMILES string of the molecule is CNc1nc2cc(-c3cc4ccncc4[nH]3)c(C)cc2n1C. The highest BCUT2D eigenvalue weighted by Crippen LogP contribution is 2.30. The van der Waals surface area contributed by atoms with Crippen LogP contribution in [-0.2, 0) is 7.05 Å². The van der Waals surface area contributed by atoms with Crippen LogP contribution in [0.1, 0.15) is 5.56 Å². The lowest BCUT2D eigenvalue weighted by Crippen LogP contribution is -1.97. The lowest BCUT2D eigenvalue weighted by Gasteiger charge is -2.05. The van der Waals surface area contributed by atoms with Gasteiger partial charge in [-0.05, 0) is 36.8 Å². The third-order valence-electron chi connectivity index (χ3n) is 4.16. The summed E-state index contributed by atoms with van der Waals surface area (Å²) in [6, 6.07) is 8.50. The Morgan fingerprint density at radius 3 is 2.86 bits per heavy atom. The molecule has 110 valence electrons. The van der Waals surface area contributed by atoms with Gasteiger partial charge < -0.3 is 14.9 Å². The summed E-state index contributed by atoms with van der Waals surface area (Å²) < 4.78 is 2.07. The van der Waals surface area contributed by atoms with Gasteiger partial charge in [-0.1, -0.05) is 0 Å². The fraction of sp³-hybridized carbons (Fsp3) is 0.176. The number of fused-ring (bicyclic) bond motifs is 2. The molecule has 4 rings (SSSR count). The first-order valence-corrected chi connectivity index (χ1v) is 7.25. The summed E-state index contributed by atoms with van der Waals surface area (Å²) in [5.74, 6) is 0.868. The number of anilines is 1. The molecule has 0 bridgehead atoms. The Labute approximate surface area is 128 Å². The number of H-pyrrole nitrogens is 1. The summed E-state index contributed by atoms with van der Waals surface area (Å²) in [6.45, 7) is 2.13. The van der Waals surface area contributed by atoms with Crippen LogP contribution in [0.4, 0.5) is 5.95 Å². The first kappa shape index (κ1) is 12.9. The monoisotopic (exact) mass is 291 g/mol. The summed E-state index contributed by atoms with van der Waals surface area (Å²) in [4.78, 5) is 12.2. The Balaban J connectivity index is 1.96. The number of rotatable bonds is 2. The van der Waals surface area contributed by atoms with E-state index in [4.69, 9.17) is 0 Å². The molecule has 1 aromatic carbocycles. The van der Waals surface area contributed by atoms with E-state index in [2.05, 4.69) is 50.0 Å². The molecular formula is C17H17N5. The number of aromatic nitrogens is 4. The number of nitrogens with one attached hydrogen (secondary N) is 2. The van der Waals surface area contributed by atoms with Gasteiger partial charge in [-0.15, -0.1) is 0 Å². The summed E-state index contributed by atoms with van der Waals surface area (Å²) >= 11 is 0. The van der Waals surface area contributed by atoms with Crippen LogP contribution in [0.2, 0.25) is 0 Å². The van der Waals surface area contributed by atoms with Gasteiger partial charge in [0.1, 0.15) is 0 Å². The molecule has 0 aliphatic carbocycles. The number of aryl methyl sites for hydroxylation is 2. The number of benzene rings is 1. The topological polar surface area (TPSA) is 58.5 Å². The molecule has 0 aliphatic rings. The Hall–Kier alpha value is -2.82. The molecule has 0 aliphatic heterocycles. The van der Waals surface area contributed by atoms with E-state index in [1.54, 1.807) is 0 Å².